The molecule has 1 aliphatic carbocycles. The molecule has 1 saturated carbocycles. The molecule has 0 aromatic carbocycles. The highest BCUT2D eigenvalue weighted by Crippen LogP contribution is 2.36. The second-order valence-corrected chi connectivity index (χ2v) is 13.7. The third-order valence-electron chi connectivity index (χ3n) is 9.96. The Kier molecular flexibility index (Phi) is 7.96. The molecule has 4 aliphatic rings. The van der Waals surface area contributed by atoms with Crippen molar-refractivity contribution in [3.8, 4) is 0 Å². The van der Waals surface area contributed by atoms with Crippen LogP contribution in [0, 0.1) is 5.41 Å². The molecule has 4 fully saturated rings. The third kappa shape index (κ3) is 5.35. The Hall–Kier alpha value is -1.71. The number of hydrogen-bond donors (Lipinski definition) is 1. The Balaban J connectivity index is 1.15. The van der Waals surface area contributed by atoms with Gasteiger partial charge in [-0.05, 0) is 63.5 Å². The topological polar surface area (TPSA) is 83.0 Å². The van der Waals surface area contributed by atoms with Crippen molar-refractivity contribution in [3.63, 3.8) is 0 Å². The Labute approximate surface area is 231 Å². The highest BCUT2D eigenvalue weighted by Gasteiger charge is 2.42. The number of carbonyl (C=O) groups is 1. The van der Waals surface area contributed by atoms with Crippen molar-refractivity contribution in [2.75, 3.05) is 37.6 Å². The van der Waals surface area contributed by atoms with Gasteiger partial charge in [0.2, 0.25) is 10.1 Å². The predicted molar refractivity (Wildman–Crippen MR) is 154 cm³/mol. The van der Waals surface area contributed by atoms with E-state index in [9.17, 15) is 4.79 Å². The number of anilines is 1. The van der Waals surface area contributed by atoms with E-state index >= 15 is 0 Å². The van der Waals surface area contributed by atoms with Crippen LogP contribution in [0.3, 0.4) is 0 Å². The molecule has 3 atom stereocenters. The molecule has 38 heavy (non-hydrogen) atoms. The first-order chi connectivity index (χ1) is 18.5. The van der Waals surface area contributed by atoms with Crippen LogP contribution < -0.4 is 10.6 Å². The zero-order valence-electron chi connectivity index (χ0n) is 23.3. The Morgan fingerprint density at radius 2 is 1.68 bits per heavy atom. The summed E-state index contributed by atoms with van der Waals surface area (Å²) in [6, 6.07) is 1.53. The molecule has 1 amide bonds. The minimum Gasteiger partial charge on any atom is -0.346 e. The predicted octanol–water partition coefficient (Wildman–Crippen LogP) is 4.93. The first kappa shape index (κ1) is 26.5. The van der Waals surface area contributed by atoms with Crippen LogP contribution in [0.15, 0.2) is 6.20 Å². The number of piperidine rings is 2. The van der Waals surface area contributed by atoms with Crippen LogP contribution in [-0.4, -0.2) is 81.2 Å². The molecule has 0 bridgehead atoms. The van der Waals surface area contributed by atoms with Crippen molar-refractivity contribution in [2.45, 2.75) is 115 Å². The van der Waals surface area contributed by atoms with Crippen LogP contribution in [-0.2, 0) is 0 Å². The van der Waals surface area contributed by atoms with Gasteiger partial charge >= 0.3 is 0 Å². The molecule has 3 aliphatic heterocycles. The van der Waals surface area contributed by atoms with Gasteiger partial charge in [-0.15, -0.1) is 5.10 Å². The van der Waals surface area contributed by atoms with Crippen molar-refractivity contribution in [1.82, 2.24) is 24.4 Å². The van der Waals surface area contributed by atoms with Crippen molar-refractivity contribution >= 4 is 27.3 Å². The monoisotopic (exact) mass is 541 g/mol. The van der Waals surface area contributed by atoms with Gasteiger partial charge in [-0.3, -0.25) is 9.69 Å². The van der Waals surface area contributed by atoms with E-state index in [1.807, 2.05) is 10.7 Å². The van der Waals surface area contributed by atoms with Crippen LogP contribution in [0.25, 0.3) is 4.96 Å². The van der Waals surface area contributed by atoms with Crippen molar-refractivity contribution in [2.24, 2.45) is 11.1 Å². The van der Waals surface area contributed by atoms with E-state index in [0.29, 0.717) is 30.4 Å². The smallest absolute Gasteiger partial charge is 0.274 e. The van der Waals surface area contributed by atoms with Crippen molar-refractivity contribution in [3.05, 3.63) is 11.9 Å². The van der Waals surface area contributed by atoms with Crippen molar-refractivity contribution < 1.29 is 4.79 Å². The van der Waals surface area contributed by atoms with E-state index in [1.54, 1.807) is 11.3 Å². The molecule has 8 nitrogen and oxygen atoms in total. The molecule has 3 saturated heterocycles. The van der Waals surface area contributed by atoms with Gasteiger partial charge in [0.1, 0.15) is 5.69 Å². The quantitative estimate of drug-likeness (QED) is 0.591. The Bertz CT molecular complexity index is 1060. The van der Waals surface area contributed by atoms with Crippen LogP contribution in [0.5, 0.6) is 0 Å². The molecule has 6 rings (SSSR count). The number of amides is 1. The summed E-state index contributed by atoms with van der Waals surface area (Å²) in [4.78, 5) is 26.8. The zero-order chi connectivity index (χ0) is 26.1. The van der Waals surface area contributed by atoms with E-state index in [-0.39, 0.29) is 11.3 Å². The van der Waals surface area contributed by atoms with Gasteiger partial charge in [0, 0.05) is 37.8 Å². The second-order valence-electron chi connectivity index (χ2n) is 12.8. The maximum absolute atomic E-state index is 13.8. The van der Waals surface area contributed by atoms with Gasteiger partial charge in [-0.2, -0.15) is 0 Å². The number of hydrogen-bond acceptors (Lipinski definition) is 7. The fraction of sp³-hybridized carbons (Fsp3) is 0.828. The molecule has 3 unspecified atom stereocenters. The highest BCUT2D eigenvalue weighted by atomic mass is 32.1. The Morgan fingerprint density at radius 3 is 2.39 bits per heavy atom. The molecule has 2 N–H and O–H groups in total. The lowest BCUT2D eigenvalue weighted by Gasteiger charge is -2.51. The standard InChI is InChI=1S/C29H47N7OS/c1-29(20-30)15-18-33(21-29)28-32-36-19-23(31-27(36)38-28)26(37)35-17-10-13-24-25(35)14-9-16-34(24)22-11-7-5-3-2-4-6-8-12-22/h19,22,24-25H,2-18,20-21,30H2,1H3. The minimum atomic E-state index is 0.101. The van der Waals surface area contributed by atoms with E-state index in [0.717, 1.165) is 49.0 Å². The van der Waals surface area contributed by atoms with E-state index < -0.39 is 0 Å². The lowest BCUT2D eigenvalue weighted by molar-refractivity contribution is -0.0143. The molecule has 9 heteroatoms. The summed E-state index contributed by atoms with van der Waals surface area (Å²) in [5, 5.41) is 5.79. The SMILES string of the molecule is CC1(CN)CCN(c2nn3cc(C(=O)N4CCCC5C4CCCN5C4CCCCCCCCC4)nc3s2)C1. The molecule has 0 spiro atoms. The highest BCUT2D eigenvalue weighted by molar-refractivity contribution is 7.20. The lowest BCUT2D eigenvalue weighted by Crippen LogP contribution is -2.61. The molecular formula is C29H47N7OS. The van der Waals surface area contributed by atoms with Crippen LogP contribution in [0.2, 0.25) is 0 Å². The number of likely N-dealkylation sites (tertiary alicyclic amines) is 2. The van der Waals surface area contributed by atoms with Gasteiger partial charge in [-0.1, -0.05) is 63.2 Å². The second kappa shape index (κ2) is 11.4. The van der Waals surface area contributed by atoms with Crippen LogP contribution in [0.4, 0.5) is 5.13 Å². The van der Waals surface area contributed by atoms with Crippen LogP contribution in [0.1, 0.15) is 107 Å². The number of nitrogens with zero attached hydrogens (tertiary/aromatic N) is 6. The van der Waals surface area contributed by atoms with E-state index in [4.69, 9.17) is 15.8 Å². The Morgan fingerprint density at radius 1 is 0.974 bits per heavy atom. The van der Waals surface area contributed by atoms with Gasteiger partial charge in [0.15, 0.2) is 0 Å². The van der Waals surface area contributed by atoms with Gasteiger partial charge in [-0.25, -0.2) is 9.50 Å². The normalized spacial score (nSPS) is 30.6. The van der Waals surface area contributed by atoms with E-state index in [1.165, 1.54) is 77.2 Å². The lowest BCUT2D eigenvalue weighted by atomic mass is 9.84. The van der Waals surface area contributed by atoms with Crippen LogP contribution >= 0.6 is 11.3 Å². The first-order valence-electron chi connectivity index (χ1n) is 15.4. The fourth-order valence-corrected chi connectivity index (χ4v) is 8.58. The molecule has 0 radical (unpaired) electrons. The fourth-order valence-electron chi connectivity index (χ4n) is 7.67. The molecule has 5 heterocycles. The number of fused-ring (bicyclic) bond motifs is 2. The van der Waals surface area contributed by atoms with Crippen molar-refractivity contribution in [1.29, 1.82) is 0 Å². The zero-order valence-corrected chi connectivity index (χ0v) is 24.1. The van der Waals surface area contributed by atoms with Gasteiger partial charge in [0.05, 0.1) is 6.20 Å². The van der Waals surface area contributed by atoms with E-state index in [2.05, 4.69) is 21.6 Å². The summed E-state index contributed by atoms with van der Waals surface area (Å²) in [6.07, 6.45) is 20.0. The van der Waals surface area contributed by atoms with Gasteiger partial charge in [0.25, 0.3) is 5.91 Å². The number of aromatic nitrogens is 3. The number of imidazole rings is 1. The summed E-state index contributed by atoms with van der Waals surface area (Å²) >= 11 is 1.59. The number of carbonyl (C=O) groups excluding carboxylic acids is 1. The summed E-state index contributed by atoms with van der Waals surface area (Å²) in [6.45, 7) is 6.92. The summed E-state index contributed by atoms with van der Waals surface area (Å²) in [5.41, 5.74) is 6.71. The summed E-state index contributed by atoms with van der Waals surface area (Å²) in [5.74, 6) is 0.101. The minimum absolute atomic E-state index is 0.101. The molecule has 2 aromatic rings. The first-order valence-corrected chi connectivity index (χ1v) is 16.2. The summed E-state index contributed by atoms with van der Waals surface area (Å²) < 4.78 is 1.82. The average Bonchev–Trinajstić information content (AvgIpc) is 3.64. The largest absolute Gasteiger partial charge is 0.346 e. The molecule has 210 valence electrons. The maximum atomic E-state index is 13.8. The molecular weight excluding hydrogens is 494 g/mol. The number of nitrogens with two attached hydrogens (primary N) is 1. The molecule has 2 aromatic heterocycles. The number of rotatable bonds is 4. The average molecular weight is 542 g/mol. The summed E-state index contributed by atoms with van der Waals surface area (Å²) in [7, 11) is 0. The maximum Gasteiger partial charge on any atom is 0.274 e. The third-order valence-corrected chi connectivity index (χ3v) is 10.9. The van der Waals surface area contributed by atoms with Gasteiger partial charge < -0.3 is 15.5 Å².